The molecule has 6 heteroatoms. The average Bonchev–Trinajstić information content (AvgIpc) is 2.37. The second-order valence-corrected chi connectivity index (χ2v) is 6.70. The molecule has 0 aliphatic heterocycles. The first-order valence-electron chi connectivity index (χ1n) is 7.40. The maximum Gasteiger partial charge on any atom is 0.408 e. The molecule has 0 saturated heterocycles. The van der Waals surface area contributed by atoms with Gasteiger partial charge in [0.25, 0.3) is 0 Å². The lowest BCUT2D eigenvalue weighted by Gasteiger charge is -2.25. The molecule has 0 aliphatic carbocycles. The van der Waals surface area contributed by atoms with Crippen LogP contribution in [0, 0.1) is 20.8 Å². The van der Waals surface area contributed by atoms with Crippen LogP contribution in [0.15, 0.2) is 12.1 Å². The Labute approximate surface area is 136 Å². The zero-order valence-corrected chi connectivity index (χ0v) is 14.4. The number of aliphatic carboxylic acids is 1. The van der Waals surface area contributed by atoms with Crippen molar-refractivity contribution in [2.24, 2.45) is 0 Å². The minimum absolute atomic E-state index is 0.469. The largest absolute Gasteiger partial charge is 0.480 e. The first kappa shape index (κ1) is 19.0. The molecule has 0 spiro atoms. The quantitative estimate of drug-likeness (QED) is 0.791. The molecule has 1 aromatic rings. The van der Waals surface area contributed by atoms with Crippen LogP contribution in [0.25, 0.3) is 0 Å². The molecule has 0 fully saturated rings. The summed E-state index contributed by atoms with van der Waals surface area (Å²) in [5.41, 5.74) is 2.46. The van der Waals surface area contributed by atoms with Gasteiger partial charge in [-0.2, -0.15) is 0 Å². The van der Waals surface area contributed by atoms with Gasteiger partial charge in [0.05, 0.1) is 0 Å². The van der Waals surface area contributed by atoms with Crippen LogP contribution in [0.4, 0.5) is 4.79 Å². The molecule has 1 aromatic carbocycles. The lowest BCUT2D eigenvalue weighted by Crippen LogP contribution is -2.47. The highest BCUT2D eigenvalue weighted by Crippen LogP contribution is 2.24. The van der Waals surface area contributed by atoms with Gasteiger partial charge in [-0.25, -0.2) is 9.59 Å². The van der Waals surface area contributed by atoms with Crippen LogP contribution in [0.1, 0.15) is 49.1 Å². The van der Waals surface area contributed by atoms with Crippen molar-refractivity contribution in [1.29, 1.82) is 0 Å². The van der Waals surface area contributed by atoms with Gasteiger partial charge in [0.2, 0.25) is 0 Å². The van der Waals surface area contributed by atoms with Gasteiger partial charge in [0, 0.05) is 0 Å². The first-order chi connectivity index (χ1) is 10.4. The van der Waals surface area contributed by atoms with E-state index >= 15 is 0 Å². The van der Waals surface area contributed by atoms with E-state index in [0.29, 0.717) is 5.56 Å². The monoisotopic (exact) mass is 323 g/mol. The van der Waals surface area contributed by atoms with Crippen molar-refractivity contribution in [3.8, 4) is 0 Å². The second kappa shape index (κ2) is 7.00. The lowest BCUT2D eigenvalue weighted by atomic mass is 9.94. The Bertz CT molecular complexity index is 604. The summed E-state index contributed by atoms with van der Waals surface area (Å²) in [7, 11) is 0. The Kier molecular flexibility index (Phi) is 5.77. The van der Waals surface area contributed by atoms with Crippen LogP contribution in [-0.2, 0) is 9.53 Å². The van der Waals surface area contributed by atoms with Crippen LogP contribution in [0.5, 0.6) is 0 Å². The van der Waals surface area contributed by atoms with Crippen LogP contribution >= 0.6 is 0 Å². The number of carboxylic acid groups (broad SMARTS) is 1. The fourth-order valence-electron chi connectivity index (χ4n) is 2.19. The molecule has 0 heterocycles. The number of ether oxygens (including phenoxy) is 1. The average molecular weight is 323 g/mol. The SMILES string of the molecule is Cc1cc(C)c([C@H](O)[C@@H](NC(=O)OC(C)(C)C)C(=O)O)cc1C. The highest BCUT2D eigenvalue weighted by molar-refractivity contribution is 5.81. The molecule has 0 aliphatic rings. The zero-order valence-electron chi connectivity index (χ0n) is 14.4. The Balaban J connectivity index is 3.04. The fraction of sp³-hybridized carbons (Fsp3) is 0.529. The summed E-state index contributed by atoms with van der Waals surface area (Å²) in [6.45, 7) is 10.6. The van der Waals surface area contributed by atoms with Crippen molar-refractivity contribution in [3.05, 3.63) is 34.4 Å². The summed E-state index contributed by atoms with van der Waals surface area (Å²) >= 11 is 0. The third kappa shape index (κ3) is 5.25. The summed E-state index contributed by atoms with van der Waals surface area (Å²) in [5.74, 6) is -1.33. The van der Waals surface area contributed by atoms with Gasteiger partial charge in [0.1, 0.15) is 11.7 Å². The van der Waals surface area contributed by atoms with E-state index in [-0.39, 0.29) is 0 Å². The Morgan fingerprint density at radius 1 is 1.09 bits per heavy atom. The highest BCUT2D eigenvalue weighted by Gasteiger charge is 2.32. The summed E-state index contributed by atoms with van der Waals surface area (Å²) in [4.78, 5) is 23.3. The second-order valence-electron chi connectivity index (χ2n) is 6.70. The van der Waals surface area contributed by atoms with Gasteiger partial charge in [-0.05, 0) is 63.8 Å². The summed E-state index contributed by atoms with van der Waals surface area (Å²) in [5, 5.41) is 22.0. The maximum atomic E-state index is 11.8. The molecule has 0 aromatic heterocycles. The number of hydrogen-bond donors (Lipinski definition) is 3. The number of amides is 1. The maximum absolute atomic E-state index is 11.8. The number of aryl methyl sites for hydroxylation is 3. The van der Waals surface area contributed by atoms with Gasteiger partial charge in [-0.15, -0.1) is 0 Å². The van der Waals surface area contributed by atoms with Crippen molar-refractivity contribution in [2.45, 2.75) is 59.3 Å². The smallest absolute Gasteiger partial charge is 0.408 e. The standard InChI is InChI=1S/C17H25NO5/c1-9-7-11(3)12(8-10(9)2)14(19)13(15(20)21)18-16(22)23-17(4,5)6/h7-8,13-14,19H,1-6H3,(H,18,22)(H,20,21)/t13-,14+/m1/s1. The summed E-state index contributed by atoms with van der Waals surface area (Å²) in [6.07, 6.45) is -2.26. The fourth-order valence-corrected chi connectivity index (χ4v) is 2.19. The van der Waals surface area contributed by atoms with Crippen molar-refractivity contribution in [3.63, 3.8) is 0 Å². The number of aliphatic hydroxyl groups is 1. The number of nitrogens with one attached hydrogen (secondary N) is 1. The number of hydrogen-bond acceptors (Lipinski definition) is 4. The van der Waals surface area contributed by atoms with Gasteiger partial charge >= 0.3 is 12.1 Å². The normalized spacial score (nSPS) is 14.0. The van der Waals surface area contributed by atoms with Crippen molar-refractivity contribution < 1.29 is 24.5 Å². The van der Waals surface area contributed by atoms with E-state index in [2.05, 4.69) is 5.32 Å². The molecule has 3 N–H and O–H groups in total. The van der Waals surface area contributed by atoms with Gasteiger partial charge in [0.15, 0.2) is 6.04 Å². The number of alkyl carbamates (subject to hydrolysis) is 1. The topological polar surface area (TPSA) is 95.9 Å². The van der Waals surface area contributed by atoms with E-state index in [1.54, 1.807) is 33.8 Å². The molecule has 0 unspecified atom stereocenters. The minimum Gasteiger partial charge on any atom is -0.480 e. The molecule has 2 atom stereocenters. The van der Waals surface area contributed by atoms with Crippen molar-refractivity contribution in [2.75, 3.05) is 0 Å². The summed E-state index contributed by atoms with van der Waals surface area (Å²) < 4.78 is 5.05. The van der Waals surface area contributed by atoms with Crippen LogP contribution in [0.3, 0.4) is 0 Å². The molecule has 0 saturated carbocycles. The van der Waals surface area contributed by atoms with Crippen LogP contribution in [-0.4, -0.2) is 33.9 Å². The van der Waals surface area contributed by atoms with Crippen molar-refractivity contribution >= 4 is 12.1 Å². The number of benzene rings is 1. The number of rotatable bonds is 4. The van der Waals surface area contributed by atoms with Crippen LogP contribution < -0.4 is 5.32 Å². The molecular weight excluding hydrogens is 298 g/mol. The molecular formula is C17H25NO5. The molecule has 0 radical (unpaired) electrons. The predicted octanol–water partition coefficient (Wildman–Crippen LogP) is 2.62. The van der Waals surface area contributed by atoms with E-state index in [9.17, 15) is 19.8 Å². The zero-order chi connectivity index (χ0) is 17.9. The number of carboxylic acids is 1. The Hall–Kier alpha value is -2.08. The molecule has 23 heavy (non-hydrogen) atoms. The Morgan fingerprint density at radius 3 is 2.09 bits per heavy atom. The minimum atomic E-state index is -1.49. The third-order valence-electron chi connectivity index (χ3n) is 3.46. The van der Waals surface area contributed by atoms with Gasteiger partial charge < -0.3 is 20.3 Å². The van der Waals surface area contributed by atoms with Gasteiger partial charge in [-0.1, -0.05) is 12.1 Å². The predicted molar refractivity (Wildman–Crippen MR) is 86.4 cm³/mol. The summed E-state index contributed by atoms with van der Waals surface area (Å²) in [6, 6.07) is 2.12. The molecule has 6 nitrogen and oxygen atoms in total. The molecule has 128 valence electrons. The highest BCUT2D eigenvalue weighted by atomic mass is 16.6. The van der Waals surface area contributed by atoms with E-state index in [1.807, 2.05) is 19.9 Å². The number of carbonyl (C=O) groups is 2. The van der Waals surface area contributed by atoms with E-state index in [4.69, 9.17) is 4.74 Å². The third-order valence-corrected chi connectivity index (χ3v) is 3.46. The number of carbonyl (C=O) groups excluding carboxylic acids is 1. The lowest BCUT2D eigenvalue weighted by molar-refractivity contribution is -0.142. The molecule has 1 rings (SSSR count). The van der Waals surface area contributed by atoms with E-state index < -0.39 is 29.8 Å². The molecule has 0 bridgehead atoms. The van der Waals surface area contributed by atoms with Gasteiger partial charge in [-0.3, -0.25) is 0 Å². The van der Waals surface area contributed by atoms with Crippen LogP contribution in [0.2, 0.25) is 0 Å². The molecule has 1 amide bonds. The van der Waals surface area contributed by atoms with E-state index in [0.717, 1.165) is 16.7 Å². The van der Waals surface area contributed by atoms with E-state index in [1.165, 1.54) is 0 Å². The number of aliphatic hydroxyl groups excluding tert-OH is 1. The Morgan fingerprint density at radius 2 is 1.61 bits per heavy atom. The van der Waals surface area contributed by atoms with Crippen molar-refractivity contribution in [1.82, 2.24) is 5.32 Å². The first-order valence-corrected chi connectivity index (χ1v) is 7.40.